The fraction of sp³-hybridized carbons (Fsp3) is 0.435. The number of aromatic nitrogens is 3. The van der Waals surface area contributed by atoms with Crippen molar-refractivity contribution in [3.8, 4) is 5.88 Å². The third-order valence-corrected chi connectivity index (χ3v) is 5.59. The molecule has 7 heteroatoms. The van der Waals surface area contributed by atoms with E-state index in [4.69, 9.17) is 4.74 Å². The lowest BCUT2D eigenvalue weighted by Crippen LogP contribution is -2.14. The van der Waals surface area contributed by atoms with Gasteiger partial charge in [0.2, 0.25) is 5.88 Å². The van der Waals surface area contributed by atoms with Gasteiger partial charge in [-0.2, -0.15) is 10.1 Å². The molecule has 0 N–H and O–H groups in total. The van der Waals surface area contributed by atoms with Crippen LogP contribution in [0.1, 0.15) is 66.8 Å². The van der Waals surface area contributed by atoms with Crippen molar-refractivity contribution in [3.63, 3.8) is 0 Å². The van der Waals surface area contributed by atoms with Crippen LogP contribution in [0.25, 0.3) is 11.0 Å². The van der Waals surface area contributed by atoms with E-state index in [1.165, 1.54) is 10.7 Å². The van der Waals surface area contributed by atoms with Crippen molar-refractivity contribution >= 4 is 16.8 Å². The highest BCUT2D eigenvalue weighted by Gasteiger charge is 2.32. The molecule has 0 unspecified atom stereocenters. The number of ketones is 1. The Morgan fingerprint density at radius 1 is 1.27 bits per heavy atom. The Balaban J connectivity index is 1.49. The number of carbonyl (C=O) groups excluding carboxylic acids is 1. The number of rotatable bonds is 8. The lowest BCUT2D eigenvalue weighted by atomic mass is 9.95. The molecule has 0 aliphatic heterocycles. The summed E-state index contributed by atoms with van der Waals surface area (Å²) < 4.78 is 34.5. The summed E-state index contributed by atoms with van der Waals surface area (Å²) in [5, 5.41) is 4.83. The first-order valence-electron chi connectivity index (χ1n) is 10.2. The van der Waals surface area contributed by atoms with Crippen LogP contribution in [0.3, 0.4) is 0 Å². The number of carbonyl (C=O) groups is 1. The van der Waals surface area contributed by atoms with Gasteiger partial charge in [0, 0.05) is 31.0 Å². The normalized spacial score (nSPS) is 15.0. The zero-order valence-electron chi connectivity index (χ0n) is 17.4. The van der Waals surface area contributed by atoms with Crippen molar-refractivity contribution in [1.82, 2.24) is 14.8 Å². The second-order valence-electron chi connectivity index (χ2n) is 8.18. The summed E-state index contributed by atoms with van der Waals surface area (Å²) >= 11 is 0. The number of fused-ring (bicyclic) bond motifs is 1. The van der Waals surface area contributed by atoms with Gasteiger partial charge in [-0.1, -0.05) is 36.8 Å². The van der Waals surface area contributed by atoms with Crippen molar-refractivity contribution < 1.29 is 18.3 Å². The van der Waals surface area contributed by atoms with Gasteiger partial charge < -0.3 is 4.74 Å². The SMILES string of the molecule is Cc1ccc([C@H](C)CC(=O)COc2cc(C(F)F)c3c(C4CC4)nn(C)c3n2)cc1. The van der Waals surface area contributed by atoms with Crippen molar-refractivity contribution in [3.05, 3.63) is 52.7 Å². The lowest BCUT2D eigenvalue weighted by molar-refractivity contribution is -0.121. The van der Waals surface area contributed by atoms with E-state index in [-0.39, 0.29) is 35.7 Å². The van der Waals surface area contributed by atoms with Gasteiger partial charge >= 0.3 is 0 Å². The summed E-state index contributed by atoms with van der Waals surface area (Å²) in [5.74, 6) is 0.197. The molecule has 1 aromatic carbocycles. The minimum absolute atomic E-state index is 0.0273. The van der Waals surface area contributed by atoms with Gasteiger partial charge in [-0.15, -0.1) is 0 Å². The van der Waals surface area contributed by atoms with Gasteiger partial charge in [-0.05, 0) is 31.2 Å². The van der Waals surface area contributed by atoms with Gasteiger partial charge in [-0.25, -0.2) is 8.78 Å². The molecule has 0 saturated heterocycles. The minimum atomic E-state index is -2.67. The van der Waals surface area contributed by atoms with Crippen molar-refractivity contribution in [1.29, 1.82) is 0 Å². The highest BCUT2D eigenvalue weighted by molar-refractivity contribution is 5.84. The maximum atomic E-state index is 13.7. The van der Waals surface area contributed by atoms with E-state index in [2.05, 4.69) is 10.1 Å². The number of hydrogen-bond acceptors (Lipinski definition) is 4. The number of aryl methyl sites for hydroxylation is 2. The van der Waals surface area contributed by atoms with Crippen molar-refractivity contribution in [2.75, 3.05) is 6.61 Å². The quantitative estimate of drug-likeness (QED) is 0.507. The first-order chi connectivity index (χ1) is 14.3. The van der Waals surface area contributed by atoms with Crippen LogP contribution in [-0.4, -0.2) is 27.2 Å². The topological polar surface area (TPSA) is 57.0 Å². The molecule has 0 bridgehead atoms. The standard InChI is InChI=1S/C23H25F2N3O2/c1-13-4-6-15(7-5-13)14(2)10-17(29)12-30-19-11-18(22(24)25)20-21(16-8-9-16)27-28(3)23(20)26-19/h4-7,11,14,16,22H,8-10,12H2,1-3H3/t14-/m1/s1. The molecule has 2 heterocycles. The first-order valence-corrected chi connectivity index (χ1v) is 10.2. The van der Waals surface area contributed by atoms with Crippen LogP contribution in [-0.2, 0) is 11.8 Å². The average Bonchev–Trinajstić information content (AvgIpc) is 3.50. The van der Waals surface area contributed by atoms with E-state index in [0.717, 1.165) is 24.0 Å². The van der Waals surface area contributed by atoms with Gasteiger partial charge in [-0.3, -0.25) is 9.48 Å². The second kappa shape index (κ2) is 8.13. The highest BCUT2D eigenvalue weighted by atomic mass is 19.3. The fourth-order valence-electron chi connectivity index (χ4n) is 3.74. The summed E-state index contributed by atoms with van der Waals surface area (Å²) in [7, 11) is 1.69. The molecule has 4 rings (SSSR count). The molecule has 1 aliphatic carbocycles. The Labute approximate surface area is 174 Å². The monoisotopic (exact) mass is 413 g/mol. The zero-order chi connectivity index (χ0) is 21.4. The molecule has 1 atom stereocenters. The van der Waals surface area contributed by atoms with Crippen molar-refractivity contribution in [2.24, 2.45) is 7.05 Å². The Bertz CT molecular complexity index is 1070. The average molecular weight is 413 g/mol. The summed E-state index contributed by atoms with van der Waals surface area (Å²) in [5.41, 5.74) is 3.16. The molecule has 1 fully saturated rings. The number of hydrogen-bond donors (Lipinski definition) is 0. The van der Waals surface area contributed by atoms with E-state index < -0.39 is 6.43 Å². The third kappa shape index (κ3) is 4.20. The number of benzene rings is 1. The summed E-state index contributed by atoms with van der Waals surface area (Å²) in [6.07, 6.45) is -0.441. The minimum Gasteiger partial charge on any atom is -0.470 e. The molecule has 3 aromatic rings. The molecule has 0 radical (unpaired) electrons. The lowest BCUT2D eigenvalue weighted by Gasteiger charge is -2.12. The number of ether oxygens (including phenoxy) is 1. The van der Waals surface area contributed by atoms with E-state index in [1.807, 2.05) is 38.1 Å². The summed E-state index contributed by atoms with van der Waals surface area (Å²) in [6.45, 7) is 3.79. The number of nitrogens with zero attached hydrogens (tertiary/aromatic N) is 3. The number of pyridine rings is 1. The van der Waals surface area contributed by atoms with Crippen LogP contribution in [0.4, 0.5) is 8.78 Å². The predicted octanol–water partition coefficient (Wildman–Crippen LogP) is 5.23. The molecular weight excluding hydrogens is 388 g/mol. The first kappa shape index (κ1) is 20.4. The smallest absolute Gasteiger partial charge is 0.264 e. The third-order valence-electron chi connectivity index (χ3n) is 5.59. The molecule has 1 aliphatic rings. The molecule has 0 spiro atoms. The van der Waals surface area contributed by atoms with Crippen LogP contribution in [0.2, 0.25) is 0 Å². The maximum absolute atomic E-state index is 13.7. The van der Waals surface area contributed by atoms with Crippen LogP contribution >= 0.6 is 0 Å². The zero-order valence-corrected chi connectivity index (χ0v) is 17.4. The van der Waals surface area contributed by atoms with Gasteiger partial charge in [0.1, 0.15) is 6.61 Å². The van der Waals surface area contributed by atoms with Crippen molar-refractivity contribution in [2.45, 2.75) is 51.4 Å². The van der Waals surface area contributed by atoms with Gasteiger partial charge in [0.05, 0.1) is 11.1 Å². The Morgan fingerprint density at radius 3 is 2.60 bits per heavy atom. The van der Waals surface area contributed by atoms with Crippen LogP contribution in [0.15, 0.2) is 30.3 Å². The molecule has 1 saturated carbocycles. The number of alkyl halides is 2. The molecule has 0 amide bonds. The molecule has 2 aromatic heterocycles. The van der Waals surface area contributed by atoms with E-state index in [9.17, 15) is 13.6 Å². The predicted molar refractivity (Wildman–Crippen MR) is 110 cm³/mol. The van der Waals surface area contributed by atoms with Crippen LogP contribution in [0, 0.1) is 6.92 Å². The molecule has 5 nitrogen and oxygen atoms in total. The molecule has 158 valence electrons. The van der Waals surface area contributed by atoms with E-state index >= 15 is 0 Å². The van der Waals surface area contributed by atoms with Gasteiger partial charge in [0.25, 0.3) is 6.43 Å². The summed E-state index contributed by atoms with van der Waals surface area (Å²) in [4.78, 5) is 16.8. The molecular formula is C23H25F2N3O2. The van der Waals surface area contributed by atoms with E-state index in [0.29, 0.717) is 23.1 Å². The maximum Gasteiger partial charge on any atom is 0.264 e. The second-order valence-corrected chi connectivity index (χ2v) is 8.18. The number of Topliss-reactive ketones (excluding diaryl/α,β-unsaturated/α-hetero) is 1. The highest BCUT2D eigenvalue weighted by Crippen LogP contribution is 2.44. The van der Waals surface area contributed by atoms with Gasteiger partial charge in [0.15, 0.2) is 11.4 Å². The van der Waals surface area contributed by atoms with Crippen LogP contribution < -0.4 is 4.74 Å². The van der Waals surface area contributed by atoms with Crippen LogP contribution in [0.5, 0.6) is 5.88 Å². The Kier molecular flexibility index (Phi) is 5.54. The van der Waals surface area contributed by atoms with E-state index in [1.54, 1.807) is 7.05 Å². The Hall–Kier alpha value is -2.83. The Morgan fingerprint density at radius 2 is 1.97 bits per heavy atom. The summed E-state index contributed by atoms with van der Waals surface area (Å²) in [6, 6.07) is 9.30. The number of halogens is 2. The molecule has 30 heavy (non-hydrogen) atoms. The largest absolute Gasteiger partial charge is 0.470 e. The fourth-order valence-corrected chi connectivity index (χ4v) is 3.74.